The van der Waals surface area contributed by atoms with Crippen LogP contribution in [0.5, 0.6) is 0 Å². The number of piperidine rings is 1. The van der Waals surface area contributed by atoms with Gasteiger partial charge in [-0.1, -0.05) is 18.2 Å². The molecule has 25 heavy (non-hydrogen) atoms. The summed E-state index contributed by atoms with van der Waals surface area (Å²) < 4.78 is 11.3. The Bertz CT molecular complexity index is 613. The van der Waals surface area contributed by atoms with E-state index in [1.54, 1.807) is 0 Å². The van der Waals surface area contributed by atoms with Gasteiger partial charge >= 0.3 is 0 Å². The van der Waals surface area contributed by atoms with Crippen molar-refractivity contribution in [1.82, 2.24) is 10.6 Å². The summed E-state index contributed by atoms with van der Waals surface area (Å²) in [5, 5.41) is 5.93. The molecule has 3 rings (SSSR count). The van der Waals surface area contributed by atoms with Crippen LogP contribution in [0.3, 0.4) is 0 Å². The van der Waals surface area contributed by atoms with Crippen LogP contribution in [0.25, 0.3) is 0 Å². The Labute approximate surface area is 148 Å². The van der Waals surface area contributed by atoms with E-state index in [9.17, 15) is 9.59 Å². The van der Waals surface area contributed by atoms with Gasteiger partial charge in [-0.2, -0.15) is 0 Å². The minimum Gasteiger partial charge on any atom is -0.381 e. The molecule has 0 saturated carbocycles. The van der Waals surface area contributed by atoms with Crippen LogP contribution in [0, 0.1) is 0 Å². The van der Waals surface area contributed by atoms with Crippen molar-refractivity contribution in [2.75, 3.05) is 13.2 Å². The van der Waals surface area contributed by atoms with Crippen LogP contribution in [0.15, 0.2) is 24.3 Å². The van der Waals surface area contributed by atoms with Crippen molar-refractivity contribution in [2.45, 2.75) is 57.4 Å². The van der Waals surface area contributed by atoms with Crippen molar-refractivity contribution >= 4 is 11.8 Å². The highest BCUT2D eigenvalue weighted by molar-refractivity contribution is 5.96. The molecule has 1 aromatic rings. The predicted molar refractivity (Wildman–Crippen MR) is 93.2 cm³/mol. The second-order valence-corrected chi connectivity index (χ2v) is 6.75. The molecule has 6 heteroatoms. The molecule has 2 fully saturated rings. The minimum atomic E-state index is -0.112. The Hall–Kier alpha value is -1.92. The molecule has 2 heterocycles. The van der Waals surface area contributed by atoms with Gasteiger partial charge in [0, 0.05) is 37.3 Å². The van der Waals surface area contributed by atoms with Gasteiger partial charge in [-0.15, -0.1) is 0 Å². The third kappa shape index (κ3) is 4.80. The molecule has 2 unspecified atom stereocenters. The molecule has 0 spiro atoms. The van der Waals surface area contributed by atoms with Gasteiger partial charge in [0.05, 0.1) is 12.7 Å². The molecule has 0 radical (unpaired) electrons. The van der Waals surface area contributed by atoms with E-state index in [0.29, 0.717) is 25.0 Å². The highest BCUT2D eigenvalue weighted by atomic mass is 16.5. The van der Waals surface area contributed by atoms with Crippen LogP contribution < -0.4 is 10.6 Å². The van der Waals surface area contributed by atoms with Gasteiger partial charge in [-0.25, -0.2) is 0 Å². The Morgan fingerprint density at radius 1 is 1.28 bits per heavy atom. The molecule has 2 N–H and O–H groups in total. The molecule has 0 aliphatic carbocycles. The van der Waals surface area contributed by atoms with Crippen LogP contribution in [-0.2, 0) is 20.9 Å². The minimum absolute atomic E-state index is 0.0447. The average molecular weight is 346 g/mol. The Morgan fingerprint density at radius 2 is 2.04 bits per heavy atom. The van der Waals surface area contributed by atoms with Gasteiger partial charge in [0.2, 0.25) is 5.91 Å². The zero-order valence-corrected chi connectivity index (χ0v) is 14.6. The first kappa shape index (κ1) is 17.9. The fourth-order valence-corrected chi connectivity index (χ4v) is 3.32. The van der Waals surface area contributed by atoms with Gasteiger partial charge in [0.1, 0.15) is 0 Å². The lowest BCUT2D eigenvalue weighted by molar-refractivity contribution is -0.123. The molecule has 0 aromatic heterocycles. The highest BCUT2D eigenvalue weighted by Crippen LogP contribution is 2.17. The van der Waals surface area contributed by atoms with Crippen molar-refractivity contribution in [3.63, 3.8) is 0 Å². The van der Waals surface area contributed by atoms with Crippen LogP contribution in [-0.4, -0.2) is 43.2 Å². The topological polar surface area (TPSA) is 76.7 Å². The first-order chi connectivity index (χ1) is 12.1. The molecule has 0 bridgehead atoms. The summed E-state index contributed by atoms with van der Waals surface area (Å²) in [6.45, 7) is 3.81. The number of carbonyl (C=O) groups is 2. The van der Waals surface area contributed by atoms with Gasteiger partial charge in [0.25, 0.3) is 5.91 Å². The van der Waals surface area contributed by atoms with E-state index in [4.69, 9.17) is 9.47 Å². The molecule has 1 aromatic carbocycles. The SMILES string of the molecule is CC1NC(=O)CCC1NC(=O)c1ccccc1COC1CCOCC1. The molecular weight excluding hydrogens is 320 g/mol. The zero-order chi connectivity index (χ0) is 17.6. The fourth-order valence-electron chi connectivity index (χ4n) is 3.32. The van der Waals surface area contributed by atoms with Crippen molar-refractivity contribution in [3.8, 4) is 0 Å². The van der Waals surface area contributed by atoms with Crippen LogP contribution >= 0.6 is 0 Å². The maximum atomic E-state index is 12.7. The summed E-state index contributed by atoms with van der Waals surface area (Å²) in [4.78, 5) is 24.1. The lowest BCUT2D eigenvalue weighted by atomic mass is 9.98. The summed E-state index contributed by atoms with van der Waals surface area (Å²) in [6.07, 6.45) is 3.10. The lowest BCUT2D eigenvalue weighted by Crippen LogP contribution is -2.54. The van der Waals surface area contributed by atoms with Gasteiger partial charge in [-0.3, -0.25) is 9.59 Å². The molecular formula is C19H26N2O4. The molecule has 6 nitrogen and oxygen atoms in total. The summed E-state index contributed by atoms with van der Waals surface area (Å²) in [7, 11) is 0. The van der Waals surface area contributed by atoms with Gasteiger partial charge in [-0.05, 0) is 37.8 Å². The van der Waals surface area contributed by atoms with Crippen molar-refractivity contribution in [3.05, 3.63) is 35.4 Å². The van der Waals surface area contributed by atoms with E-state index in [1.807, 2.05) is 31.2 Å². The number of nitrogens with one attached hydrogen (secondary N) is 2. The van der Waals surface area contributed by atoms with E-state index in [2.05, 4.69) is 10.6 Å². The van der Waals surface area contributed by atoms with E-state index in [0.717, 1.165) is 31.6 Å². The second-order valence-electron chi connectivity index (χ2n) is 6.75. The van der Waals surface area contributed by atoms with Crippen LogP contribution in [0.1, 0.15) is 48.5 Å². The maximum Gasteiger partial charge on any atom is 0.251 e. The molecule has 2 aliphatic rings. The molecule has 2 atom stereocenters. The summed E-state index contributed by atoms with van der Waals surface area (Å²) in [5.74, 6) is -0.0672. The van der Waals surface area contributed by atoms with Crippen molar-refractivity contribution in [1.29, 1.82) is 0 Å². The quantitative estimate of drug-likeness (QED) is 0.852. The lowest BCUT2D eigenvalue weighted by Gasteiger charge is -2.30. The highest BCUT2D eigenvalue weighted by Gasteiger charge is 2.27. The van der Waals surface area contributed by atoms with E-state index < -0.39 is 0 Å². The zero-order valence-electron chi connectivity index (χ0n) is 14.6. The number of ether oxygens (including phenoxy) is 2. The number of hydrogen-bond donors (Lipinski definition) is 2. The van der Waals surface area contributed by atoms with E-state index in [1.165, 1.54) is 0 Å². The molecule has 136 valence electrons. The summed E-state index contributed by atoms with van der Waals surface area (Å²) in [5.41, 5.74) is 1.53. The maximum absolute atomic E-state index is 12.7. The molecule has 2 saturated heterocycles. The van der Waals surface area contributed by atoms with E-state index in [-0.39, 0.29) is 30.0 Å². The largest absolute Gasteiger partial charge is 0.381 e. The first-order valence-electron chi connectivity index (χ1n) is 9.01. The Morgan fingerprint density at radius 3 is 2.80 bits per heavy atom. The second kappa shape index (κ2) is 8.45. The summed E-state index contributed by atoms with van der Waals surface area (Å²) >= 11 is 0. The number of rotatable bonds is 5. The number of carbonyl (C=O) groups excluding carboxylic acids is 2. The van der Waals surface area contributed by atoms with Crippen LogP contribution in [0.2, 0.25) is 0 Å². The Kier molecular flexibility index (Phi) is 6.04. The molecule has 2 aliphatic heterocycles. The number of benzene rings is 1. The third-order valence-electron chi connectivity index (χ3n) is 4.90. The average Bonchev–Trinajstić information content (AvgIpc) is 2.63. The fraction of sp³-hybridized carbons (Fsp3) is 0.579. The number of amides is 2. The van der Waals surface area contributed by atoms with Crippen molar-refractivity contribution < 1.29 is 19.1 Å². The first-order valence-corrected chi connectivity index (χ1v) is 9.01. The standard InChI is InChI=1S/C19H26N2O4/c1-13-17(6-7-18(22)20-13)21-19(23)16-5-3-2-4-14(16)12-25-15-8-10-24-11-9-15/h2-5,13,15,17H,6-12H2,1H3,(H,20,22)(H,21,23). The normalized spacial score (nSPS) is 24.6. The molecule has 2 amide bonds. The smallest absolute Gasteiger partial charge is 0.251 e. The summed E-state index contributed by atoms with van der Waals surface area (Å²) in [6, 6.07) is 7.43. The number of hydrogen-bond acceptors (Lipinski definition) is 4. The predicted octanol–water partition coefficient (Wildman–Crippen LogP) is 1.78. The van der Waals surface area contributed by atoms with Crippen LogP contribution in [0.4, 0.5) is 0 Å². The Balaban J connectivity index is 1.61. The van der Waals surface area contributed by atoms with Gasteiger partial charge in [0.15, 0.2) is 0 Å². The van der Waals surface area contributed by atoms with E-state index >= 15 is 0 Å². The van der Waals surface area contributed by atoms with Crippen molar-refractivity contribution in [2.24, 2.45) is 0 Å². The van der Waals surface area contributed by atoms with Gasteiger partial charge < -0.3 is 20.1 Å². The third-order valence-corrected chi connectivity index (χ3v) is 4.90. The monoisotopic (exact) mass is 346 g/mol.